The predicted molar refractivity (Wildman–Crippen MR) is 111 cm³/mol. The highest BCUT2D eigenvalue weighted by atomic mass is 35.5. The molecular weight excluding hydrogens is 494 g/mol. The van der Waals surface area contributed by atoms with Crippen molar-refractivity contribution in [1.29, 1.82) is 0 Å². The maximum absolute atomic E-state index is 13.0. The molecule has 3 aromatic rings. The Morgan fingerprint density at radius 2 is 1.91 bits per heavy atom. The normalized spacial score (nSPS) is 11.2. The van der Waals surface area contributed by atoms with Gasteiger partial charge in [0.15, 0.2) is 5.69 Å². The van der Waals surface area contributed by atoms with Gasteiger partial charge in [-0.3, -0.25) is 9.59 Å². The standard InChI is InChI=1S/C18H12Cl2F3N5O3S/c1-31-17-13(20)14(26-7-27-17)16(30)25-6-12-24-5-11(32-12)15(29)28-8-2-3-10(19)9(4-8)18(21,22)23/h2-5,7H,6H2,1H3,(H,25,30)(H,28,29). The van der Waals surface area contributed by atoms with Crippen molar-refractivity contribution >= 4 is 52.0 Å². The molecule has 168 valence electrons. The minimum absolute atomic E-state index is 0.0379. The average Bonchev–Trinajstić information content (AvgIpc) is 3.22. The first-order valence-corrected chi connectivity index (χ1v) is 10.1. The number of hydrogen-bond donors (Lipinski definition) is 2. The van der Waals surface area contributed by atoms with E-state index in [-0.39, 0.29) is 33.7 Å². The molecule has 2 aromatic heterocycles. The molecule has 14 heteroatoms. The highest BCUT2D eigenvalue weighted by Gasteiger charge is 2.33. The molecule has 0 aliphatic heterocycles. The van der Waals surface area contributed by atoms with Gasteiger partial charge in [-0.05, 0) is 18.2 Å². The summed E-state index contributed by atoms with van der Waals surface area (Å²) >= 11 is 12.5. The number of aromatic nitrogens is 3. The van der Waals surface area contributed by atoms with Crippen LogP contribution in [0.5, 0.6) is 5.88 Å². The van der Waals surface area contributed by atoms with E-state index in [4.69, 9.17) is 27.9 Å². The first-order chi connectivity index (χ1) is 15.1. The van der Waals surface area contributed by atoms with Crippen molar-refractivity contribution < 1.29 is 27.5 Å². The Kier molecular flexibility index (Phi) is 7.16. The number of benzene rings is 1. The van der Waals surface area contributed by atoms with Crippen LogP contribution in [0.25, 0.3) is 0 Å². The molecule has 0 bridgehead atoms. The van der Waals surface area contributed by atoms with E-state index in [9.17, 15) is 22.8 Å². The Morgan fingerprint density at radius 1 is 1.16 bits per heavy atom. The molecule has 2 N–H and O–H groups in total. The lowest BCUT2D eigenvalue weighted by atomic mass is 10.2. The van der Waals surface area contributed by atoms with Gasteiger partial charge < -0.3 is 15.4 Å². The van der Waals surface area contributed by atoms with Crippen LogP contribution in [0.3, 0.4) is 0 Å². The predicted octanol–water partition coefficient (Wildman–Crippen LogP) is 4.45. The number of methoxy groups -OCH3 is 1. The first kappa shape index (κ1) is 23.7. The van der Waals surface area contributed by atoms with Crippen LogP contribution in [0.1, 0.15) is 30.7 Å². The second-order valence-electron chi connectivity index (χ2n) is 5.99. The van der Waals surface area contributed by atoms with Gasteiger partial charge in [0, 0.05) is 5.69 Å². The number of hydrogen-bond acceptors (Lipinski definition) is 7. The minimum Gasteiger partial charge on any atom is -0.480 e. The molecule has 2 amide bonds. The molecular formula is C18H12Cl2F3N5O3S. The summed E-state index contributed by atoms with van der Waals surface area (Å²) in [7, 11) is 1.34. The summed E-state index contributed by atoms with van der Waals surface area (Å²) < 4.78 is 43.8. The number of ether oxygens (including phenoxy) is 1. The number of alkyl halides is 3. The zero-order valence-corrected chi connectivity index (χ0v) is 18.3. The third kappa shape index (κ3) is 5.44. The third-order valence-corrected chi connectivity index (χ3v) is 5.54. The molecule has 0 atom stereocenters. The van der Waals surface area contributed by atoms with Gasteiger partial charge in [-0.2, -0.15) is 13.2 Å². The molecule has 0 spiro atoms. The topological polar surface area (TPSA) is 106 Å². The Hall–Kier alpha value is -2.96. The maximum atomic E-state index is 13.0. The molecule has 0 aliphatic rings. The number of anilines is 1. The quantitative estimate of drug-likeness (QED) is 0.512. The monoisotopic (exact) mass is 505 g/mol. The molecule has 0 unspecified atom stereocenters. The van der Waals surface area contributed by atoms with E-state index in [1.54, 1.807) is 0 Å². The lowest BCUT2D eigenvalue weighted by Crippen LogP contribution is -2.24. The van der Waals surface area contributed by atoms with Crippen molar-refractivity contribution in [2.45, 2.75) is 12.7 Å². The fourth-order valence-electron chi connectivity index (χ4n) is 2.40. The Bertz CT molecular complexity index is 1170. The van der Waals surface area contributed by atoms with Gasteiger partial charge in [0.1, 0.15) is 21.2 Å². The summed E-state index contributed by atoms with van der Waals surface area (Å²) in [6.07, 6.45) is -2.31. The second kappa shape index (κ2) is 9.67. The fourth-order valence-corrected chi connectivity index (χ4v) is 3.64. The largest absolute Gasteiger partial charge is 0.480 e. The number of carbonyl (C=O) groups is 2. The van der Waals surface area contributed by atoms with Gasteiger partial charge in [-0.15, -0.1) is 11.3 Å². The zero-order chi connectivity index (χ0) is 23.5. The molecule has 0 saturated carbocycles. The minimum atomic E-state index is -4.66. The fraction of sp³-hybridized carbons (Fsp3) is 0.167. The molecule has 0 saturated heterocycles. The summed E-state index contributed by atoms with van der Waals surface area (Å²) in [5, 5.41) is 4.73. The van der Waals surface area contributed by atoms with Crippen LogP contribution in [0.15, 0.2) is 30.7 Å². The molecule has 3 rings (SSSR count). The van der Waals surface area contributed by atoms with E-state index < -0.39 is 28.6 Å². The van der Waals surface area contributed by atoms with Crippen LogP contribution in [0.4, 0.5) is 18.9 Å². The summed E-state index contributed by atoms with van der Waals surface area (Å²) in [5.74, 6) is -1.24. The van der Waals surface area contributed by atoms with Gasteiger partial charge in [0.2, 0.25) is 5.88 Å². The zero-order valence-electron chi connectivity index (χ0n) is 16.0. The lowest BCUT2D eigenvalue weighted by Gasteiger charge is -2.11. The van der Waals surface area contributed by atoms with E-state index in [0.29, 0.717) is 5.01 Å². The van der Waals surface area contributed by atoms with Gasteiger partial charge >= 0.3 is 6.18 Å². The van der Waals surface area contributed by atoms with E-state index in [1.807, 2.05) is 0 Å². The Balaban J connectivity index is 1.65. The van der Waals surface area contributed by atoms with E-state index in [2.05, 4.69) is 25.6 Å². The number of nitrogens with one attached hydrogen (secondary N) is 2. The second-order valence-corrected chi connectivity index (χ2v) is 7.89. The highest BCUT2D eigenvalue weighted by Crippen LogP contribution is 2.36. The molecule has 2 heterocycles. The van der Waals surface area contributed by atoms with Crippen LogP contribution in [-0.2, 0) is 12.7 Å². The van der Waals surface area contributed by atoms with Crippen LogP contribution < -0.4 is 15.4 Å². The molecule has 8 nitrogen and oxygen atoms in total. The number of carbonyl (C=O) groups excluding carboxylic acids is 2. The van der Waals surface area contributed by atoms with Gasteiger partial charge in [-0.1, -0.05) is 23.2 Å². The van der Waals surface area contributed by atoms with E-state index >= 15 is 0 Å². The number of halogens is 5. The average molecular weight is 506 g/mol. The SMILES string of the molecule is COc1ncnc(C(=O)NCc2ncc(C(=O)Nc3ccc(Cl)c(C(F)(F)F)c3)s2)c1Cl. The van der Waals surface area contributed by atoms with Crippen LogP contribution in [0.2, 0.25) is 10.0 Å². The van der Waals surface area contributed by atoms with Crippen molar-refractivity contribution in [1.82, 2.24) is 20.3 Å². The van der Waals surface area contributed by atoms with Gasteiger partial charge in [-0.25, -0.2) is 15.0 Å². The van der Waals surface area contributed by atoms with Gasteiger partial charge in [0.25, 0.3) is 11.8 Å². The van der Waals surface area contributed by atoms with Gasteiger partial charge in [0.05, 0.1) is 30.4 Å². The Labute approximate surface area is 192 Å². The molecule has 1 aromatic carbocycles. The molecule has 0 aliphatic carbocycles. The van der Waals surface area contributed by atoms with Crippen molar-refractivity contribution in [3.05, 3.63) is 61.9 Å². The van der Waals surface area contributed by atoms with Crippen molar-refractivity contribution in [3.8, 4) is 5.88 Å². The number of rotatable bonds is 6. The molecule has 0 radical (unpaired) electrons. The number of thiazole rings is 1. The third-order valence-electron chi connectivity index (χ3n) is 3.87. The van der Waals surface area contributed by atoms with E-state index in [0.717, 1.165) is 29.8 Å². The number of amides is 2. The highest BCUT2D eigenvalue weighted by molar-refractivity contribution is 7.13. The summed E-state index contributed by atoms with van der Waals surface area (Å²) in [4.78, 5) is 36.4. The van der Waals surface area contributed by atoms with Crippen LogP contribution >= 0.6 is 34.5 Å². The summed E-state index contributed by atoms with van der Waals surface area (Å²) in [6, 6.07) is 3.03. The molecule has 32 heavy (non-hydrogen) atoms. The van der Waals surface area contributed by atoms with Crippen molar-refractivity contribution in [2.75, 3.05) is 12.4 Å². The van der Waals surface area contributed by atoms with Crippen molar-refractivity contribution in [2.24, 2.45) is 0 Å². The first-order valence-electron chi connectivity index (χ1n) is 8.55. The van der Waals surface area contributed by atoms with Crippen LogP contribution in [0, 0.1) is 0 Å². The maximum Gasteiger partial charge on any atom is 0.417 e. The number of nitrogens with zero attached hydrogens (tertiary/aromatic N) is 3. The Morgan fingerprint density at radius 3 is 2.59 bits per heavy atom. The van der Waals surface area contributed by atoms with Crippen LogP contribution in [-0.4, -0.2) is 33.9 Å². The summed E-state index contributed by atoms with van der Waals surface area (Å²) in [6.45, 7) is -0.0431. The molecule has 0 fully saturated rings. The summed E-state index contributed by atoms with van der Waals surface area (Å²) in [5.41, 5.74) is -1.25. The van der Waals surface area contributed by atoms with E-state index in [1.165, 1.54) is 19.4 Å². The lowest BCUT2D eigenvalue weighted by molar-refractivity contribution is -0.137. The smallest absolute Gasteiger partial charge is 0.417 e. The van der Waals surface area contributed by atoms with Crippen molar-refractivity contribution in [3.63, 3.8) is 0 Å².